The third kappa shape index (κ3) is 4.20. The van der Waals surface area contributed by atoms with Crippen molar-refractivity contribution in [2.75, 3.05) is 13.1 Å². The average Bonchev–Trinajstić information content (AvgIpc) is 2.69. The van der Waals surface area contributed by atoms with Gasteiger partial charge in [-0.25, -0.2) is 4.98 Å². The minimum absolute atomic E-state index is 0.739. The Morgan fingerprint density at radius 3 is 2.93 bits per heavy atom. The molecule has 80 valence electrons. The first kappa shape index (κ1) is 11.7. The van der Waals surface area contributed by atoms with Gasteiger partial charge < -0.3 is 5.32 Å². The fourth-order valence-corrected chi connectivity index (χ4v) is 2.05. The molecule has 1 heterocycles. The summed E-state index contributed by atoms with van der Waals surface area (Å²) in [5.74, 6) is 0.739. The second-order valence-corrected chi connectivity index (χ2v) is 4.38. The lowest BCUT2D eigenvalue weighted by molar-refractivity contribution is 0.457. The number of rotatable bonds is 7. The Bertz CT molecular complexity index is 221. The molecule has 0 radical (unpaired) electrons. The lowest BCUT2D eigenvalue weighted by Gasteiger charge is -2.13. The molecule has 0 saturated carbocycles. The quantitative estimate of drug-likeness (QED) is 0.703. The molecule has 0 saturated heterocycles. The van der Waals surface area contributed by atoms with E-state index in [1.165, 1.54) is 18.5 Å². The van der Waals surface area contributed by atoms with Gasteiger partial charge in [-0.05, 0) is 31.8 Å². The van der Waals surface area contributed by atoms with E-state index in [0.717, 1.165) is 25.4 Å². The molecular weight excluding hydrogens is 192 g/mol. The summed E-state index contributed by atoms with van der Waals surface area (Å²) in [6, 6.07) is 0. The van der Waals surface area contributed by atoms with Gasteiger partial charge in [0.05, 0.1) is 11.2 Å². The van der Waals surface area contributed by atoms with Crippen LogP contribution in [0.4, 0.5) is 0 Å². The molecule has 0 bridgehead atoms. The van der Waals surface area contributed by atoms with Crippen molar-refractivity contribution >= 4 is 11.3 Å². The number of hydrogen-bond acceptors (Lipinski definition) is 3. The molecule has 0 fully saturated rings. The monoisotopic (exact) mass is 212 g/mol. The van der Waals surface area contributed by atoms with Gasteiger partial charge >= 0.3 is 0 Å². The fraction of sp³-hybridized carbons (Fsp3) is 0.727. The van der Waals surface area contributed by atoms with Crippen LogP contribution in [0.1, 0.15) is 32.4 Å². The molecule has 0 aliphatic rings. The Labute approximate surface area is 90.8 Å². The zero-order chi connectivity index (χ0) is 10.2. The van der Waals surface area contributed by atoms with Gasteiger partial charge in [0, 0.05) is 5.38 Å². The summed E-state index contributed by atoms with van der Waals surface area (Å²) in [4.78, 5) is 4.32. The van der Waals surface area contributed by atoms with Crippen LogP contribution in [0, 0.1) is 5.92 Å². The third-order valence-corrected chi connectivity index (χ3v) is 3.05. The molecule has 2 nitrogen and oxygen atoms in total. The molecule has 14 heavy (non-hydrogen) atoms. The van der Waals surface area contributed by atoms with Crippen LogP contribution in [-0.2, 0) is 6.42 Å². The summed E-state index contributed by atoms with van der Waals surface area (Å²) < 4.78 is 0. The van der Waals surface area contributed by atoms with Crippen molar-refractivity contribution in [1.82, 2.24) is 10.3 Å². The van der Waals surface area contributed by atoms with Crippen molar-refractivity contribution in [2.24, 2.45) is 5.92 Å². The van der Waals surface area contributed by atoms with Crippen LogP contribution in [0.15, 0.2) is 10.9 Å². The Kier molecular flexibility index (Phi) is 5.80. The highest BCUT2D eigenvalue weighted by molar-refractivity contribution is 7.07. The maximum Gasteiger partial charge on any atom is 0.0794 e. The van der Waals surface area contributed by atoms with Gasteiger partial charge in [0.2, 0.25) is 0 Å². The maximum atomic E-state index is 4.32. The van der Waals surface area contributed by atoms with E-state index >= 15 is 0 Å². The minimum atomic E-state index is 0.739. The van der Waals surface area contributed by atoms with E-state index in [-0.39, 0.29) is 0 Å². The van der Waals surface area contributed by atoms with Gasteiger partial charge in [-0.2, -0.15) is 0 Å². The van der Waals surface area contributed by atoms with E-state index in [4.69, 9.17) is 0 Å². The number of thiazole rings is 1. The van der Waals surface area contributed by atoms with Crippen LogP contribution in [0.25, 0.3) is 0 Å². The van der Waals surface area contributed by atoms with Gasteiger partial charge in [0.15, 0.2) is 0 Å². The molecule has 0 aliphatic heterocycles. The van der Waals surface area contributed by atoms with E-state index in [0.29, 0.717) is 0 Å². The highest BCUT2D eigenvalue weighted by atomic mass is 32.1. The zero-order valence-electron chi connectivity index (χ0n) is 9.12. The molecule has 0 amide bonds. The van der Waals surface area contributed by atoms with Crippen molar-refractivity contribution in [3.05, 3.63) is 16.6 Å². The average molecular weight is 212 g/mol. The predicted molar refractivity (Wildman–Crippen MR) is 62.8 cm³/mol. The SMILES string of the molecule is CCCNCC(CC)Cc1cscn1. The molecule has 1 atom stereocenters. The van der Waals surface area contributed by atoms with Gasteiger partial charge in [-0.3, -0.25) is 0 Å². The normalized spacial score (nSPS) is 13.0. The minimum Gasteiger partial charge on any atom is -0.316 e. The molecule has 0 spiro atoms. The number of aromatic nitrogens is 1. The summed E-state index contributed by atoms with van der Waals surface area (Å²) in [5, 5.41) is 5.63. The molecular formula is C11H20N2S. The Morgan fingerprint density at radius 1 is 1.50 bits per heavy atom. The van der Waals surface area contributed by atoms with Crippen molar-refractivity contribution in [3.63, 3.8) is 0 Å². The number of nitrogens with one attached hydrogen (secondary N) is 1. The van der Waals surface area contributed by atoms with Crippen LogP contribution in [0.5, 0.6) is 0 Å². The topological polar surface area (TPSA) is 24.9 Å². The van der Waals surface area contributed by atoms with Crippen molar-refractivity contribution in [3.8, 4) is 0 Å². The van der Waals surface area contributed by atoms with Gasteiger partial charge in [-0.15, -0.1) is 11.3 Å². The fourth-order valence-electron chi connectivity index (χ4n) is 1.48. The van der Waals surface area contributed by atoms with E-state index in [1.807, 2.05) is 5.51 Å². The Hall–Kier alpha value is -0.410. The second kappa shape index (κ2) is 6.96. The molecule has 1 rings (SSSR count). The molecule has 1 aromatic heterocycles. The summed E-state index contributed by atoms with van der Waals surface area (Å²) >= 11 is 1.69. The summed E-state index contributed by atoms with van der Waals surface area (Å²) in [7, 11) is 0. The highest BCUT2D eigenvalue weighted by Crippen LogP contribution is 2.11. The maximum absolute atomic E-state index is 4.32. The van der Waals surface area contributed by atoms with Crippen LogP contribution in [0.3, 0.4) is 0 Å². The Morgan fingerprint density at radius 2 is 2.36 bits per heavy atom. The first-order valence-electron chi connectivity index (χ1n) is 5.44. The van der Waals surface area contributed by atoms with Crippen LogP contribution >= 0.6 is 11.3 Å². The van der Waals surface area contributed by atoms with E-state index in [2.05, 4.69) is 29.5 Å². The van der Waals surface area contributed by atoms with E-state index in [1.54, 1.807) is 11.3 Å². The smallest absolute Gasteiger partial charge is 0.0794 e. The van der Waals surface area contributed by atoms with Crippen molar-refractivity contribution < 1.29 is 0 Å². The molecule has 1 unspecified atom stereocenters. The molecule has 1 N–H and O–H groups in total. The zero-order valence-corrected chi connectivity index (χ0v) is 9.94. The van der Waals surface area contributed by atoms with Gasteiger partial charge in [0.1, 0.15) is 0 Å². The summed E-state index contributed by atoms with van der Waals surface area (Å²) in [6.45, 7) is 6.72. The second-order valence-electron chi connectivity index (χ2n) is 3.66. The number of nitrogens with zero attached hydrogens (tertiary/aromatic N) is 1. The van der Waals surface area contributed by atoms with Gasteiger partial charge in [0.25, 0.3) is 0 Å². The molecule has 0 aliphatic carbocycles. The molecule has 0 aromatic carbocycles. The van der Waals surface area contributed by atoms with Crippen molar-refractivity contribution in [2.45, 2.75) is 33.1 Å². The van der Waals surface area contributed by atoms with Crippen LogP contribution < -0.4 is 5.32 Å². The van der Waals surface area contributed by atoms with E-state index < -0.39 is 0 Å². The number of hydrogen-bond donors (Lipinski definition) is 1. The largest absolute Gasteiger partial charge is 0.316 e. The lowest BCUT2D eigenvalue weighted by atomic mass is 10.0. The first-order valence-corrected chi connectivity index (χ1v) is 6.38. The van der Waals surface area contributed by atoms with Crippen LogP contribution in [0.2, 0.25) is 0 Å². The van der Waals surface area contributed by atoms with Crippen molar-refractivity contribution in [1.29, 1.82) is 0 Å². The highest BCUT2D eigenvalue weighted by Gasteiger charge is 2.07. The lowest BCUT2D eigenvalue weighted by Crippen LogP contribution is -2.24. The summed E-state index contributed by atoms with van der Waals surface area (Å²) in [6.07, 6.45) is 3.57. The van der Waals surface area contributed by atoms with Crippen LogP contribution in [-0.4, -0.2) is 18.1 Å². The first-order chi connectivity index (χ1) is 6.86. The molecule has 1 aromatic rings. The van der Waals surface area contributed by atoms with Gasteiger partial charge in [-0.1, -0.05) is 20.3 Å². The predicted octanol–water partition coefficient (Wildman–Crippen LogP) is 2.71. The third-order valence-electron chi connectivity index (χ3n) is 2.42. The summed E-state index contributed by atoms with van der Waals surface area (Å²) in [5.41, 5.74) is 3.17. The van der Waals surface area contributed by atoms with E-state index in [9.17, 15) is 0 Å². The Balaban J connectivity index is 2.24. The standard InChI is InChI=1S/C11H20N2S/c1-3-5-12-7-10(4-2)6-11-8-14-9-13-11/h8-10,12H,3-7H2,1-2H3. The molecule has 3 heteroatoms.